The monoisotopic (exact) mass is 545 g/mol. The van der Waals surface area contributed by atoms with Crippen LogP contribution in [0.3, 0.4) is 0 Å². The molecule has 0 spiro atoms. The predicted molar refractivity (Wildman–Crippen MR) is 141 cm³/mol. The number of rotatable bonds is 8. The molecule has 180 valence electrons. The number of para-hydroxylation sites is 1. The van der Waals surface area contributed by atoms with E-state index >= 15 is 0 Å². The average molecular weight is 546 g/mol. The molecule has 1 fully saturated rings. The van der Waals surface area contributed by atoms with Crippen LogP contribution in [-0.2, 0) is 9.59 Å². The maximum Gasteiger partial charge on any atom is 0.266 e. The number of hydrogen-bond donors (Lipinski definition) is 1. The third-order valence-electron chi connectivity index (χ3n) is 4.71. The number of carbonyl (C=O) groups is 2. The Morgan fingerprint density at radius 2 is 1.88 bits per heavy atom. The lowest BCUT2D eigenvalue weighted by molar-refractivity contribution is -0.123. The van der Waals surface area contributed by atoms with Crippen molar-refractivity contribution in [1.29, 1.82) is 0 Å². The topological polar surface area (TPSA) is 80.2 Å². The van der Waals surface area contributed by atoms with Gasteiger partial charge >= 0.3 is 0 Å². The lowest BCUT2D eigenvalue weighted by Crippen LogP contribution is -2.35. The number of aliphatic imine (C=N–C) groups is 1. The molecule has 1 aliphatic heterocycles. The van der Waals surface area contributed by atoms with Crippen LogP contribution < -0.4 is 14.8 Å². The number of methoxy groups -OCH3 is 1. The summed E-state index contributed by atoms with van der Waals surface area (Å²) in [6, 6.07) is 12.7. The van der Waals surface area contributed by atoms with Gasteiger partial charge in [0.2, 0.25) is 0 Å². The molecule has 1 aliphatic rings. The normalized spacial score (nSPS) is 16.1. The molecule has 0 radical (unpaired) electrons. The molecule has 7 nitrogen and oxygen atoms in total. The number of amides is 2. The number of amidine groups is 1. The third kappa shape index (κ3) is 6.42. The van der Waals surface area contributed by atoms with Crippen molar-refractivity contribution in [3.8, 4) is 11.5 Å². The van der Waals surface area contributed by atoms with E-state index in [1.807, 2.05) is 52.0 Å². The first-order chi connectivity index (χ1) is 16.2. The van der Waals surface area contributed by atoms with Crippen LogP contribution in [0.5, 0.6) is 11.5 Å². The number of benzene rings is 2. The Hall–Kier alpha value is -2.78. The fourth-order valence-corrected chi connectivity index (χ4v) is 4.85. The van der Waals surface area contributed by atoms with Gasteiger partial charge in [-0.25, -0.2) is 0 Å². The molecule has 34 heavy (non-hydrogen) atoms. The Morgan fingerprint density at radius 1 is 1.18 bits per heavy atom. The van der Waals surface area contributed by atoms with Crippen LogP contribution in [0.15, 0.2) is 56.8 Å². The van der Waals surface area contributed by atoms with Gasteiger partial charge in [0.25, 0.3) is 11.8 Å². The summed E-state index contributed by atoms with van der Waals surface area (Å²) in [5, 5.41) is 3.48. The lowest BCUT2D eigenvalue weighted by atomic mass is 10.1. The van der Waals surface area contributed by atoms with Crippen molar-refractivity contribution < 1.29 is 19.1 Å². The van der Waals surface area contributed by atoms with Gasteiger partial charge in [-0.05, 0) is 75.4 Å². The number of anilines is 1. The first-order valence-electron chi connectivity index (χ1n) is 10.9. The van der Waals surface area contributed by atoms with Crippen molar-refractivity contribution in [2.45, 2.75) is 39.8 Å². The summed E-state index contributed by atoms with van der Waals surface area (Å²) >= 11 is 4.91. The lowest BCUT2D eigenvalue weighted by Gasteiger charge is -2.20. The number of ether oxygens (including phenoxy) is 2. The largest absolute Gasteiger partial charge is 0.493 e. The number of nitrogens with one attached hydrogen (secondary N) is 1. The minimum Gasteiger partial charge on any atom is -0.493 e. The molecule has 9 heteroatoms. The molecule has 0 atom stereocenters. The summed E-state index contributed by atoms with van der Waals surface area (Å²) in [6.45, 7) is 7.73. The van der Waals surface area contributed by atoms with Crippen molar-refractivity contribution >= 4 is 56.4 Å². The molecule has 2 aromatic carbocycles. The third-order valence-corrected chi connectivity index (χ3v) is 6.39. The Kier molecular flexibility index (Phi) is 8.79. The quantitative estimate of drug-likeness (QED) is 0.439. The minimum absolute atomic E-state index is 0.000754. The zero-order valence-corrected chi connectivity index (χ0v) is 22.2. The van der Waals surface area contributed by atoms with E-state index in [-0.39, 0.29) is 30.5 Å². The minimum atomic E-state index is -0.283. The molecular weight excluding hydrogens is 518 g/mol. The second-order valence-corrected chi connectivity index (χ2v) is 9.98. The van der Waals surface area contributed by atoms with Gasteiger partial charge in [-0.2, -0.15) is 0 Å². The Labute approximate surface area is 212 Å². The van der Waals surface area contributed by atoms with Crippen LogP contribution in [0.1, 0.15) is 33.3 Å². The van der Waals surface area contributed by atoms with Crippen LogP contribution in [-0.4, -0.2) is 47.7 Å². The standard InChI is InChI=1S/C25H28BrN3O4S/c1-15(2)27-25-29(16(3)4)24(31)22(34-25)12-17-11-20(32-5)21(13-19(17)26)33-14-23(30)28-18-9-7-6-8-10-18/h6-13,15-16H,14H2,1-5H3,(H,28,30)/b22-12+,27-25?. The second kappa shape index (κ2) is 11.6. The zero-order valence-electron chi connectivity index (χ0n) is 19.8. The van der Waals surface area contributed by atoms with E-state index in [2.05, 4.69) is 26.2 Å². The van der Waals surface area contributed by atoms with E-state index in [0.717, 1.165) is 5.56 Å². The summed E-state index contributed by atoms with van der Waals surface area (Å²) in [6.07, 6.45) is 1.81. The summed E-state index contributed by atoms with van der Waals surface area (Å²) in [7, 11) is 1.53. The van der Waals surface area contributed by atoms with E-state index in [1.54, 1.807) is 29.2 Å². The smallest absolute Gasteiger partial charge is 0.266 e. The Morgan fingerprint density at radius 3 is 2.50 bits per heavy atom. The highest BCUT2D eigenvalue weighted by atomic mass is 79.9. The summed E-state index contributed by atoms with van der Waals surface area (Å²) in [5.74, 6) is 0.503. The van der Waals surface area contributed by atoms with Gasteiger partial charge in [0, 0.05) is 22.2 Å². The molecule has 0 unspecified atom stereocenters. The number of nitrogens with zero attached hydrogens (tertiary/aromatic N) is 2. The maximum atomic E-state index is 13.0. The number of hydrogen-bond acceptors (Lipinski definition) is 6. The zero-order chi connectivity index (χ0) is 24.8. The van der Waals surface area contributed by atoms with E-state index in [0.29, 0.717) is 31.7 Å². The average Bonchev–Trinajstić information content (AvgIpc) is 3.08. The van der Waals surface area contributed by atoms with E-state index in [1.165, 1.54) is 18.9 Å². The highest BCUT2D eigenvalue weighted by molar-refractivity contribution is 9.10. The van der Waals surface area contributed by atoms with Gasteiger partial charge in [-0.3, -0.25) is 19.5 Å². The highest BCUT2D eigenvalue weighted by Crippen LogP contribution is 2.38. The van der Waals surface area contributed by atoms with Gasteiger partial charge in [0.05, 0.1) is 12.0 Å². The van der Waals surface area contributed by atoms with Gasteiger partial charge in [-0.1, -0.05) is 34.1 Å². The first-order valence-corrected chi connectivity index (χ1v) is 12.5. The van der Waals surface area contributed by atoms with Crippen molar-refractivity contribution in [2.24, 2.45) is 4.99 Å². The van der Waals surface area contributed by atoms with Gasteiger partial charge in [0.15, 0.2) is 23.3 Å². The van der Waals surface area contributed by atoms with E-state index < -0.39 is 0 Å². The van der Waals surface area contributed by atoms with Crippen LogP contribution >= 0.6 is 27.7 Å². The number of thioether (sulfide) groups is 1. The molecule has 3 rings (SSSR count). The van der Waals surface area contributed by atoms with Crippen molar-refractivity contribution in [3.05, 3.63) is 57.4 Å². The van der Waals surface area contributed by atoms with Crippen LogP contribution in [0, 0.1) is 0 Å². The Balaban J connectivity index is 1.79. The number of carbonyl (C=O) groups excluding carboxylic acids is 2. The van der Waals surface area contributed by atoms with Crippen molar-refractivity contribution in [1.82, 2.24) is 4.90 Å². The second-order valence-electron chi connectivity index (χ2n) is 8.11. The molecule has 2 amide bonds. The molecule has 1 heterocycles. The fourth-order valence-electron chi connectivity index (χ4n) is 3.19. The molecular formula is C25H28BrN3O4S. The van der Waals surface area contributed by atoms with Crippen LogP contribution in [0.4, 0.5) is 5.69 Å². The molecule has 0 aromatic heterocycles. The van der Waals surface area contributed by atoms with Crippen LogP contribution in [0.25, 0.3) is 6.08 Å². The van der Waals surface area contributed by atoms with Gasteiger partial charge in [0.1, 0.15) is 0 Å². The van der Waals surface area contributed by atoms with E-state index in [9.17, 15) is 9.59 Å². The first kappa shape index (κ1) is 25.8. The molecule has 1 N–H and O–H groups in total. The van der Waals surface area contributed by atoms with E-state index in [4.69, 9.17) is 9.47 Å². The highest BCUT2D eigenvalue weighted by Gasteiger charge is 2.35. The molecule has 2 aromatic rings. The summed E-state index contributed by atoms with van der Waals surface area (Å²) < 4.78 is 11.9. The molecule has 0 saturated carbocycles. The SMILES string of the molecule is COc1cc(/C=C2/SC(=NC(C)C)N(C(C)C)C2=O)c(Br)cc1OCC(=O)Nc1ccccc1. The molecule has 0 aliphatic carbocycles. The molecule has 0 bridgehead atoms. The van der Waals surface area contributed by atoms with Gasteiger partial charge in [-0.15, -0.1) is 0 Å². The van der Waals surface area contributed by atoms with Gasteiger partial charge < -0.3 is 14.8 Å². The molecule has 1 saturated heterocycles. The predicted octanol–water partition coefficient (Wildman–Crippen LogP) is 5.56. The summed E-state index contributed by atoms with van der Waals surface area (Å²) in [4.78, 5) is 32.2. The number of halogens is 1. The fraction of sp³-hybridized carbons (Fsp3) is 0.320. The van der Waals surface area contributed by atoms with Crippen LogP contribution in [0.2, 0.25) is 0 Å². The van der Waals surface area contributed by atoms with Crippen molar-refractivity contribution in [3.63, 3.8) is 0 Å². The maximum absolute atomic E-state index is 13.0. The summed E-state index contributed by atoms with van der Waals surface area (Å²) in [5.41, 5.74) is 1.45. The Bertz CT molecular complexity index is 1120. The van der Waals surface area contributed by atoms with Crippen molar-refractivity contribution in [2.75, 3.05) is 19.0 Å².